The van der Waals surface area contributed by atoms with Gasteiger partial charge in [0.15, 0.2) is 5.13 Å². The summed E-state index contributed by atoms with van der Waals surface area (Å²) in [6.07, 6.45) is 1.83. The Morgan fingerprint density at radius 1 is 1.67 bits per heavy atom. The zero-order chi connectivity index (χ0) is 13.3. The number of nitrogens with zero attached hydrogens (tertiary/aromatic N) is 3. The summed E-state index contributed by atoms with van der Waals surface area (Å²) in [4.78, 5) is 14.9. The molecule has 0 aromatic carbocycles. The molecule has 4 N–H and O–H groups in total. The first-order chi connectivity index (χ1) is 8.47. The van der Waals surface area contributed by atoms with E-state index < -0.39 is 12.0 Å². The monoisotopic (exact) mass is 267 g/mol. The molecule has 0 saturated carbocycles. The van der Waals surface area contributed by atoms with E-state index >= 15 is 0 Å². The topological polar surface area (TPSA) is 106 Å². The van der Waals surface area contributed by atoms with Crippen LogP contribution in [0.3, 0.4) is 0 Å². The first kappa shape index (κ1) is 12.5. The molecule has 8 heteroatoms. The highest BCUT2D eigenvalue weighted by atomic mass is 32.1. The number of hydrogen-bond acceptors (Lipinski definition) is 6. The van der Waals surface area contributed by atoms with E-state index in [9.17, 15) is 4.79 Å². The maximum absolute atomic E-state index is 10.7. The van der Waals surface area contributed by atoms with Gasteiger partial charge in [-0.25, -0.2) is 4.98 Å². The number of nitrogens with one attached hydrogen (secondary N) is 1. The summed E-state index contributed by atoms with van der Waals surface area (Å²) >= 11 is 1.31. The first-order valence-electron chi connectivity index (χ1n) is 5.18. The Hall–Kier alpha value is -1.93. The number of hydrogen-bond donors (Lipinski definition) is 3. The molecule has 2 aromatic rings. The van der Waals surface area contributed by atoms with Crippen LogP contribution in [0.1, 0.15) is 17.4 Å². The number of aryl methyl sites for hydroxylation is 2. The fourth-order valence-corrected chi connectivity index (χ4v) is 2.21. The molecule has 0 aliphatic rings. The van der Waals surface area contributed by atoms with Gasteiger partial charge in [-0.05, 0) is 6.92 Å². The molecule has 0 radical (unpaired) electrons. The highest BCUT2D eigenvalue weighted by molar-refractivity contribution is 7.13. The number of carboxylic acids is 1. The van der Waals surface area contributed by atoms with Crippen molar-refractivity contribution in [2.24, 2.45) is 12.8 Å². The fraction of sp³-hybridized carbons (Fsp3) is 0.300. The normalized spacial score (nSPS) is 12.4. The van der Waals surface area contributed by atoms with Gasteiger partial charge in [-0.2, -0.15) is 5.10 Å². The zero-order valence-corrected chi connectivity index (χ0v) is 10.7. The number of anilines is 2. The third-order valence-electron chi connectivity index (χ3n) is 2.36. The van der Waals surface area contributed by atoms with Crippen molar-refractivity contribution in [2.75, 3.05) is 5.32 Å². The number of rotatable bonds is 4. The molecule has 0 fully saturated rings. The molecule has 2 aromatic heterocycles. The Morgan fingerprint density at radius 3 is 2.94 bits per heavy atom. The number of aromatic nitrogens is 3. The lowest BCUT2D eigenvalue weighted by Crippen LogP contribution is -2.20. The van der Waals surface area contributed by atoms with Crippen molar-refractivity contribution < 1.29 is 9.90 Å². The van der Waals surface area contributed by atoms with Crippen molar-refractivity contribution in [3.8, 4) is 0 Å². The summed E-state index contributed by atoms with van der Waals surface area (Å²) in [7, 11) is 1.83. The summed E-state index contributed by atoms with van der Waals surface area (Å²) in [5.41, 5.74) is 7.50. The predicted octanol–water partition coefficient (Wildman–Crippen LogP) is 1.01. The largest absolute Gasteiger partial charge is 0.480 e. The SMILES string of the molecule is Cc1nn(C)cc1Nc1nc(C(N)C(=O)O)cs1. The molecular weight excluding hydrogens is 254 g/mol. The summed E-state index contributed by atoms with van der Waals surface area (Å²) in [6.45, 7) is 1.87. The molecule has 2 heterocycles. The highest BCUT2D eigenvalue weighted by Gasteiger charge is 2.18. The average molecular weight is 267 g/mol. The molecule has 2 rings (SSSR count). The maximum Gasteiger partial charge on any atom is 0.326 e. The zero-order valence-electron chi connectivity index (χ0n) is 9.91. The van der Waals surface area contributed by atoms with Gasteiger partial charge in [0.1, 0.15) is 6.04 Å². The van der Waals surface area contributed by atoms with Crippen LogP contribution in [0, 0.1) is 6.92 Å². The van der Waals surface area contributed by atoms with Crippen LogP contribution < -0.4 is 11.1 Å². The van der Waals surface area contributed by atoms with Crippen molar-refractivity contribution in [2.45, 2.75) is 13.0 Å². The molecule has 0 amide bonds. The van der Waals surface area contributed by atoms with Crippen LogP contribution in [0.15, 0.2) is 11.6 Å². The van der Waals surface area contributed by atoms with E-state index in [1.54, 1.807) is 10.1 Å². The minimum atomic E-state index is -1.09. The van der Waals surface area contributed by atoms with Gasteiger partial charge in [0.2, 0.25) is 0 Å². The van der Waals surface area contributed by atoms with Crippen LogP contribution in [0.4, 0.5) is 10.8 Å². The lowest BCUT2D eigenvalue weighted by atomic mass is 10.2. The lowest BCUT2D eigenvalue weighted by Gasteiger charge is -2.01. The minimum absolute atomic E-state index is 0.344. The predicted molar refractivity (Wildman–Crippen MR) is 67.9 cm³/mol. The van der Waals surface area contributed by atoms with Crippen LogP contribution in [0.5, 0.6) is 0 Å². The molecule has 18 heavy (non-hydrogen) atoms. The Labute approximate surface area is 107 Å². The number of carbonyl (C=O) groups is 1. The molecule has 1 atom stereocenters. The van der Waals surface area contributed by atoms with E-state index in [1.807, 2.05) is 20.2 Å². The summed E-state index contributed by atoms with van der Waals surface area (Å²) in [6, 6.07) is -1.09. The van der Waals surface area contributed by atoms with Gasteiger partial charge in [-0.1, -0.05) is 0 Å². The molecule has 0 aliphatic heterocycles. The summed E-state index contributed by atoms with van der Waals surface area (Å²) < 4.78 is 1.69. The number of thiazole rings is 1. The fourth-order valence-electron chi connectivity index (χ4n) is 1.45. The van der Waals surface area contributed by atoms with Crippen LogP contribution in [-0.2, 0) is 11.8 Å². The molecular formula is C10H13N5O2S. The molecule has 0 spiro atoms. The second-order valence-electron chi connectivity index (χ2n) is 3.82. The minimum Gasteiger partial charge on any atom is -0.480 e. The molecule has 1 unspecified atom stereocenters. The van der Waals surface area contributed by atoms with Crippen LogP contribution >= 0.6 is 11.3 Å². The summed E-state index contributed by atoms with van der Waals surface area (Å²) in [5.74, 6) is -1.09. The van der Waals surface area contributed by atoms with Gasteiger partial charge < -0.3 is 16.2 Å². The molecule has 0 saturated heterocycles. The third kappa shape index (κ3) is 2.49. The smallest absolute Gasteiger partial charge is 0.326 e. The van der Waals surface area contributed by atoms with Crippen molar-refractivity contribution in [3.05, 3.63) is 23.0 Å². The number of aliphatic carboxylic acids is 1. The van der Waals surface area contributed by atoms with E-state index in [-0.39, 0.29) is 0 Å². The summed E-state index contributed by atoms with van der Waals surface area (Å²) in [5, 5.41) is 18.3. The van der Waals surface area contributed by atoms with E-state index in [4.69, 9.17) is 10.8 Å². The maximum atomic E-state index is 10.7. The van der Waals surface area contributed by atoms with Gasteiger partial charge in [-0.3, -0.25) is 9.48 Å². The number of nitrogens with two attached hydrogens (primary N) is 1. The van der Waals surface area contributed by atoms with E-state index in [1.165, 1.54) is 11.3 Å². The first-order valence-corrected chi connectivity index (χ1v) is 6.06. The van der Waals surface area contributed by atoms with Crippen LogP contribution in [0.2, 0.25) is 0 Å². The molecule has 0 bridgehead atoms. The second-order valence-corrected chi connectivity index (χ2v) is 4.68. The van der Waals surface area contributed by atoms with Crippen LogP contribution in [-0.4, -0.2) is 25.8 Å². The average Bonchev–Trinajstić information content (AvgIpc) is 2.86. The lowest BCUT2D eigenvalue weighted by molar-refractivity contribution is -0.138. The standard InChI is InChI=1S/C10H13N5O2S/c1-5-6(3-15(2)14-5)12-10-13-7(4-18-10)8(11)9(16)17/h3-4,8H,11H2,1-2H3,(H,12,13)(H,16,17). The van der Waals surface area contributed by atoms with E-state index in [0.717, 1.165) is 11.4 Å². The Balaban J connectivity index is 2.16. The molecule has 96 valence electrons. The van der Waals surface area contributed by atoms with Gasteiger partial charge in [0.05, 0.1) is 17.1 Å². The van der Waals surface area contributed by atoms with Gasteiger partial charge in [-0.15, -0.1) is 11.3 Å². The molecule has 0 aliphatic carbocycles. The molecule has 7 nitrogen and oxygen atoms in total. The Kier molecular flexibility index (Phi) is 3.30. The second kappa shape index (κ2) is 4.75. The third-order valence-corrected chi connectivity index (χ3v) is 3.14. The Bertz CT molecular complexity index is 577. The van der Waals surface area contributed by atoms with Crippen molar-refractivity contribution in [1.82, 2.24) is 14.8 Å². The highest BCUT2D eigenvalue weighted by Crippen LogP contribution is 2.24. The van der Waals surface area contributed by atoms with Gasteiger partial charge in [0, 0.05) is 18.6 Å². The van der Waals surface area contributed by atoms with E-state index in [0.29, 0.717) is 10.8 Å². The van der Waals surface area contributed by atoms with E-state index in [2.05, 4.69) is 15.4 Å². The van der Waals surface area contributed by atoms with Gasteiger partial charge >= 0.3 is 5.97 Å². The van der Waals surface area contributed by atoms with Gasteiger partial charge in [0.25, 0.3) is 0 Å². The van der Waals surface area contributed by atoms with Crippen molar-refractivity contribution >= 4 is 28.1 Å². The number of carboxylic acid groups (broad SMARTS) is 1. The van der Waals surface area contributed by atoms with Crippen molar-refractivity contribution in [1.29, 1.82) is 0 Å². The quantitative estimate of drug-likeness (QED) is 0.763. The van der Waals surface area contributed by atoms with Crippen LogP contribution in [0.25, 0.3) is 0 Å². The Morgan fingerprint density at radius 2 is 2.39 bits per heavy atom. The van der Waals surface area contributed by atoms with Crippen molar-refractivity contribution in [3.63, 3.8) is 0 Å².